The molecule has 2 aromatic carbocycles. The van der Waals surface area contributed by atoms with Crippen LogP contribution in [0.25, 0.3) is 11.3 Å². The summed E-state index contributed by atoms with van der Waals surface area (Å²) in [4.78, 5) is 8.50. The summed E-state index contributed by atoms with van der Waals surface area (Å²) in [6, 6.07) is 13.7. The maximum atomic E-state index is 13.0. The molecule has 25 heavy (non-hydrogen) atoms. The Hall–Kier alpha value is -3.35. The second-order valence-corrected chi connectivity index (χ2v) is 5.18. The summed E-state index contributed by atoms with van der Waals surface area (Å²) in [7, 11) is 1.61. The van der Waals surface area contributed by atoms with Crippen LogP contribution in [0.15, 0.2) is 64.2 Å². The van der Waals surface area contributed by atoms with Crippen molar-refractivity contribution in [1.82, 2.24) is 4.98 Å². The van der Waals surface area contributed by atoms with Crippen LogP contribution in [0, 0.1) is 5.82 Å². The highest BCUT2D eigenvalue weighted by Crippen LogP contribution is 2.21. The van der Waals surface area contributed by atoms with E-state index in [1.54, 1.807) is 19.2 Å². The smallest absolute Gasteiger partial charge is 0.302 e. The molecular weight excluding hydrogens is 323 g/mol. The van der Waals surface area contributed by atoms with E-state index in [1.165, 1.54) is 18.4 Å². The molecular formula is C18H17FN4O2. The zero-order valence-corrected chi connectivity index (χ0v) is 13.6. The molecule has 0 aliphatic heterocycles. The fourth-order valence-electron chi connectivity index (χ4n) is 2.24. The van der Waals surface area contributed by atoms with Gasteiger partial charge in [-0.05, 0) is 30.3 Å². The third kappa shape index (κ3) is 4.14. The summed E-state index contributed by atoms with van der Waals surface area (Å²) in [6.07, 6.45) is 1.46. The highest BCUT2D eigenvalue weighted by atomic mass is 19.1. The Morgan fingerprint density at radius 2 is 2.00 bits per heavy atom. The number of aromatic nitrogens is 1. The van der Waals surface area contributed by atoms with Crippen molar-refractivity contribution in [2.75, 3.05) is 12.4 Å². The molecule has 0 bridgehead atoms. The van der Waals surface area contributed by atoms with Crippen LogP contribution in [-0.4, -0.2) is 18.1 Å². The SMILES string of the molecule is COc1ccccc1CN=C(N)Nc1nc(-c2ccc(F)cc2)co1. The van der Waals surface area contributed by atoms with Gasteiger partial charge in [-0.25, -0.2) is 9.38 Å². The lowest BCUT2D eigenvalue weighted by Gasteiger charge is -2.06. The van der Waals surface area contributed by atoms with Gasteiger partial charge in [0, 0.05) is 11.1 Å². The minimum Gasteiger partial charge on any atom is -0.496 e. The number of halogens is 1. The first kappa shape index (κ1) is 16.5. The molecule has 0 saturated carbocycles. The van der Waals surface area contributed by atoms with Gasteiger partial charge in [-0.2, -0.15) is 4.98 Å². The number of para-hydroxylation sites is 1. The number of benzene rings is 2. The number of anilines is 1. The molecule has 0 aliphatic rings. The molecule has 0 saturated heterocycles. The molecule has 7 heteroatoms. The second kappa shape index (κ2) is 7.48. The largest absolute Gasteiger partial charge is 0.496 e. The average molecular weight is 340 g/mol. The lowest BCUT2D eigenvalue weighted by atomic mass is 10.2. The molecule has 0 radical (unpaired) electrons. The lowest BCUT2D eigenvalue weighted by molar-refractivity contribution is 0.410. The van der Waals surface area contributed by atoms with Gasteiger partial charge in [-0.3, -0.25) is 5.32 Å². The Labute approximate surface area is 144 Å². The van der Waals surface area contributed by atoms with E-state index in [0.29, 0.717) is 12.2 Å². The number of hydrogen-bond acceptors (Lipinski definition) is 4. The fraction of sp³-hybridized carbons (Fsp3) is 0.111. The van der Waals surface area contributed by atoms with Crippen LogP contribution in [0.2, 0.25) is 0 Å². The molecule has 3 aromatic rings. The Balaban J connectivity index is 1.67. The topological polar surface area (TPSA) is 85.7 Å². The van der Waals surface area contributed by atoms with E-state index in [2.05, 4.69) is 15.3 Å². The quantitative estimate of drug-likeness (QED) is 0.549. The van der Waals surface area contributed by atoms with Crippen LogP contribution in [0.5, 0.6) is 5.75 Å². The minimum absolute atomic E-state index is 0.165. The summed E-state index contributed by atoms with van der Waals surface area (Å²) >= 11 is 0. The normalized spacial score (nSPS) is 11.4. The molecule has 0 aliphatic carbocycles. The van der Waals surface area contributed by atoms with Crippen LogP contribution in [-0.2, 0) is 6.54 Å². The number of aliphatic imine (C=N–C) groups is 1. The Morgan fingerprint density at radius 1 is 1.24 bits per heavy atom. The average Bonchev–Trinajstić information content (AvgIpc) is 3.09. The molecule has 0 fully saturated rings. The number of guanidine groups is 1. The van der Waals surface area contributed by atoms with Gasteiger partial charge in [-0.1, -0.05) is 18.2 Å². The molecule has 1 heterocycles. The van der Waals surface area contributed by atoms with Crippen LogP contribution >= 0.6 is 0 Å². The number of rotatable bonds is 5. The Kier molecular flexibility index (Phi) is 4.94. The summed E-state index contributed by atoms with van der Waals surface area (Å²) in [5.41, 5.74) is 8.08. The van der Waals surface area contributed by atoms with Crippen LogP contribution in [0.3, 0.4) is 0 Å². The highest BCUT2D eigenvalue weighted by molar-refractivity contribution is 5.90. The summed E-state index contributed by atoms with van der Waals surface area (Å²) in [6.45, 7) is 0.356. The zero-order chi connectivity index (χ0) is 17.6. The van der Waals surface area contributed by atoms with Gasteiger partial charge in [0.05, 0.1) is 13.7 Å². The van der Waals surface area contributed by atoms with Gasteiger partial charge in [-0.15, -0.1) is 0 Å². The van der Waals surface area contributed by atoms with Gasteiger partial charge < -0.3 is 14.9 Å². The predicted molar refractivity (Wildman–Crippen MR) is 93.8 cm³/mol. The Morgan fingerprint density at radius 3 is 2.76 bits per heavy atom. The van der Waals surface area contributed by atoms with Gasteiger partial charge >= 0.3 is 6.01 Å². The number of ether oxygens (including phenoxy) is 1. The zero-order valence-electron chi connectivity index (χ0n) is 13.6. The first-order valence-electron chi connectivity index (χ1n) is 7.56. The van der Waals surface area contributed by atoms with Gasteiger partial charge in [0.15, 0.2) is 5.96 Å². The van der Waals surface area contributed by atoms with Crippen molar-refractivity contribution in [3.8, 4) is 17.0 Å². The first-order valence-corrected chi connectivity index (χ1v) is 7.56. The van der Waals surface area contributed by atoms with E-state index in [-0.39, 0.29) is 17.8 Å². The van der Waals surface area contributed by atoms with E-state index < -0.39 is 0 Å². The molecule has 0 unspecified atom stereocenters. The number of nitrogens with zero attached hydrogens (tertiary/aromatic N) is 2. The summed E-state index contributed by atoms with van der Waals surface area (Å²) < 4.78 is 23.5. The van der Waals surface area contributed by atoms with Crippen molar-refractivity contribution in [2.45, 2.75) is 6.54 Å². The van der Waals surface area contributed by atoms with Crippen LogP contribution in [0.1, 0.15) is 5.56 Å². The van der Waals surface area contributed by atoms with Crippen molar-refractivity contribution >= 4 is 12.0 Å². The van der Waals surface area contributed by atoms with E-state index in [1.807, 2.05) is 24.3 Å². The lowest BCUT2D eigenvalue weighted by Crippen LogP contribution is -2.22. The molecule has 0 atom stereocenters. The molecule has 0 amide bonds. The van der Waals surface area contributed by atoms with E-state index >= 15 is 0 Å². The van der Waals surface area contributed by atoms with E-state index in [0.717, 1.165) is 16.9 Å². The standard InChI is InChI=1S/C18H17FN4O2/c1-24-16-5-3-2-4-13(16)10-21-17(20)23-18-22-15(11-25-18)12-6-8-14(19)9-7-12/h2-9,11H,10H2,1H3,(H3,20,21,22,23). The van der Waals surface area contributed by atoms with Crippen molar-refractivity contribution in [2.24, 2.45) is 10.7 Å². The third-order valence-corrected chi connectivity index (χ3v) is 3.49. The fourth-order valence-corrected chi connectivity index (χ4v) is 2.24. The summed E-state index contributed by atoms with van der Waals surface area (Å²) in [5.74, 6) is 0.602. The van der Waals surface area contributed by atoms with Gasteiger partial charge in [0.1, 0.15) is 23.5 Å². The van der Waals surface area contributed by atoms with E-state index in [9.17, 15) is 4.39 Å². The van der Waals surface area contributed by atoms with Crippen molar-refractivity contribution in [3.05, 3.63) is 66.2 Å². The number of methoxy groups -OCH3 is 1. The molecule has 128 valence electrons. The molecule has 1 aromatic heterocycles. The minimum atomic E-state index is -0.307. The monoisotopic (exact) mass is 340 g/mol. The van der Waals surface area contributed by atoms with Crippen molar-refractivity contribution in [1.29, 1.82) is 0 Å². The maximum Gasteiger partial charge on any atom is 0.302 e. The summed E-state index contributed by atoms with van der Waals surface area (Å²) in [5, 5.41) is 2.79. The molecule has 6 nitrogen and oxygen atoms in total. The van der Waals surface area contributed by atoms with Gasteiger partial charge in [0.2, 0.25) is 0 Å². The van der Waals surface area contributed by atoms with Crippen LogP contribution < -0.4 is 15.8 Å². The van der Waals surface area contributed by atoms with E-state index in [4.69, 9.17) is 14.9 Å². The van der Waals surface area contributed by atoms with Crippen molar-refractivity contribution < 1.29 is 13.5 Å². The van der Waals surface area contributed by atoms with Gasteiger partial charge in [0.25, 0.3) is 0 Å². The second-order valence-electron chi connectivity index (χ2n) is 5.18. The molecule has 0 spiro atoms. The molecule has 3 N–H and O–H groups in total. The highest BCUT2D eigenvalue weighted by Gasteiger charge is 2.08. The van der Waals surface area contributed by atoms with Crippen molar-refractivity contribution in [3.63, 3.8) is 0 Å². The number of oxazole rings is 1. The third-order valence-electron chi connectivity index (χ3n) is 3.49. The maximum absolute atomic E-state index is 13.0. The number of hydrogen-bond donors (Lipinski definition) is 2. The van der Waals surface area contributed by atoms with Crippen LogP contribution in [0.4, 0.5) is 10.4 Å². The number of nitrogens with two attached hydrogens (primary N) is 1. The first-order chi connectivity index (χ1) is 12.2. The Bertz CT molecular complexity index is 875. The molecule has 3 rings (SSSR count). The number of nitrogens with one attached hydrogen (secondary N) is 1. The predicted octanol–water partition coefficient (Wildman–Crippen LogP) is 3.42.